The van der Waals surface area contributed by atoms with Crippen LogP contribution in [0.3, 0.4) is 0 Å². The van der Waals surface area contributed by atoms with E-state index in [9.17, 15) is 13.2 Å². The molecule has 1 fully saturated rings. The number of aromatic nitrogens is 1. The van der Waals surface area contributed by atoms with E-state index in [2.05, 4.69) is 4.72 Å². The molecule has 20 heavy (non-hydrogen) atoms. The van der Waals surface area contributed by atoms with Gasteiger partial charge in [-0.1, -0.05) is 0 Å². The van der Waals surface area contributed by atoms with Crippen LogP contribution in [-0.2, 0) is 28.6 Å². The maximum Gasteiger partial charge on any atom is 0.307 e. The zero-order chi connectivity index (χ0) is 14.8. The van der Waals surface area contributed by atoms with E-state index in [0.717, 1.165) is 5.69 Å². The number of piperidine rings is 1. The zero-order valence-electron chi connectivity index (χ0n) is 11.3. The van der Waals surface area contributed by atoms with Crippen LogP contribution in [0.1, 0.15) is 18.5 Å². The lowest BCUT2D eigenvalue weighted by Gasteiger charge is -2.29. The first kappa shape index (κ1) is 15.0. The summed E-state index contributed by atoms with van der Waals surface area (Å²) >= 11 is 0. The first-order valence-corrected chi connectivity index (χ1v) is 7.92. The fourth-order valence-corrected chi connectivity index (χ4v) is 3.56. The van der Waals surface area contributed by atoms with Crippen LogP contribution in [0.2, 0.25) is 0 Å². The number of aliphatic carboxylic acids is 1. The summed E-state index contributed by atoms with van der Waals surface area (Å²) in [6, 6.07) is 3.67. The Morgan fingerprint density at radius 1 is 1.55 bits per heavy atom. The summed E-state index contributed by atoms with van der Waals surface area (Å²) < 4.78 is 29.9. The van der Waals surface area contributed by atoms with Crippen molar-refractivity contribution in [3.8, 4) is 0 Å². The molecule has 1 unspecified atom stereocenters. The first-order valence-electron chi connectivity index (χ1n) is 6.48. The van der Waals surface area contributed by atoms with E-state index < -0.39 is 22.1 Å². The summed E-state index contributed by atoms with van der Waals surface area (Å²) in [6.45, 7) is 0.601. The molecule has 8 heteroatoms. The molecule has 0 bridgehead atoms. The topological polar surface area (TPSA) is 91.6 Å². The predicted octanol–water partition coefficient (Wildman–Crippen LogP) is 0.156. The van der Waals surface area contributed by atoms with Crippen LogP contribution in [0.25, 0.3) is 0 Å². The van der Waals surface area contributed by atoms with Crippen molar-refractivity contribution in [1.29, 1.82) is 0 Å². The van der Waals surface area contributed by atoms with Crippen molar-refractivity contribution in [3.63, 3.8) is 0 Å². The molecule has 2 heterocycles. The highest BCUT2D eigenvalue weighted by molar-refractivity contribution is 7.87. The summed E-state index contributed by atoms with van der Waals surface area (Å²) in [5.74, 6) is -1.55. The third kappa shape index (κ3) is 3.38. The molecule has 1 aliphatic rings. The van der Waals surface area contributed by atoms with Crippen molar-refractivity contribution < 1.29 is 18.3 Å². The number of rotatable bonds is 5. The number of carbonyl (C=O) groups is 1. The van der Waals surface area contributed by atoms with Gasteiger partial charge in [-0.15, -0.1) is 0 Å². The molecule has 1 aromatic rings. The van der Waals surface area contributed by atoms with Gasteiger partial charge in [-0.25, -0.2) is 0 Å². The van der Waals surface area contributed by atoms with Crippen molar-refractivity contribution in [2.75, 3.05) is 13.1 Å². The van der Waals surface area contributed by atoms with E-state index in [0.29, 0.717) is 19.4 Å². The molecule has 0 radical (unpaired) electrons. The Morgan fingerprint density at radius 2 is 2.30 bits per heavy atom. The molecule has 0 spiro atoms. The molecule has 0 aliphatic carbocycles. The number of aryl methyl sites for hydroxylation is 1. The molecule has 2 rings (SSSR count). The van der Waals surface area contributed by atoms with Crippen LogP contribution in [0.15, 0.2) is 18.3 Å². The molecule has 112 valence electrons. The van der Waals surface area contributed by atoms with Crippen molar-refractivity contribution in [2.45, 2.75) is 19.4 Å². The Hall–Kier alpha value is -1.38. The molecule has 0 amide bonds. The van der Waals surface area contributed by atoms with Crippen molar-refractivity contribution in [2.24, 2.45) is 13.0 Å². The molecule has 1 saturated heterocycles. The van der Waals surface area contributed by atoms with Gasteiger partial charge in [0, 0.05) is 32.0 Å². The summed E-state index contributed by atoms with van der Waals surface area (Å²) in [4.78, 5) is 11.0. The van der Waals surface area contributed by atoms with Crippen molar-refractivity contribution >= 4 is 16.2 Å². The van der Waals surface area contributed by atoms with E-state index >= 15 is 0 Å². The SMILES string of the molecule is Cn1cccc1CNS(=O)(=O)N1CCCC(C(=O)O)C1. The van der Waals surface area contributed by atoms with E-state index in [-0.39, 0.29) is 13.1 Å². The number of nitrogens with one attached hydrogen (secondary N) is 1. The van der Waals surface area contributed by atoms with Gasteiger partial charge in [0.15, 0.2) is 0 Å². The predicted molar refractivity (Wildman–Crippen MR) is 73.1 cm³/mol. The molecule has 2 N–H and O–H groups in total. The quantitative estimate of drug-likeness (QED) is 0.810. The van der Waals surface area contributed by atoms with Crippen molar-refractivity contribution in [1.82, 2.24) is 13.6 Å². The van der Waals surface area contributed by atoms with Crippen LogP contribution >= 0.6 is 0 Å². The molecule has 0 saturated carbocycles. The summed E-state index contributed by atoms with van der Waals surface area (Å²) in [5.41, 5.74) is 0.848. The summed E-state index contributed by atoms with van der Waals surface area (Å²) in [7, 11) is -1.80. The number of hydrogen-bond donors (Lipinski definition) is 2. The van der Waals surface area contributed by atoms with E-state index in [4.69, 9.17) is 5.11 Å². The third-order valence-electron chi connectivity index (χ3n) is 3.56. The molecule has 1 atom stereocenters. The van der Waals surface area contributed by atoms with Crippen LogP contribution in [-0.4, -0.2) is 41.5 Å². The van der Waals surface area contributed by atoms with Gasteiger partial charge in [0.25, 0.3) is 10.2 Å². The highest BCUT2D eigenvalue weighted by Crippen LogP contribution is 2.18. The second-order valence-electron chi connectivity index (χ2n) is 4.97. The van der Waals surface area contributed by atoms with E-state index in [1.54, 1.807) is 0 Å². The average molecular weight is 301 g/mol. The maximum atomic E-state index is 12.2. The highest BCUT2D eigenvalue weighted by Gasteiger charge is 2.32. The van der Waals surface area contributed by atoms with Gasteiger partial charge in [0.05, 0.1) is 12.5 Å². The fraction of sp³-hybridized carbons (Fsp3) is 0.583. The van der Waals surface area contributed by atoms with E-state index in [1.165, 1.54) is 4.31 Å². The Kier molecular flexibility index (Phi) is 4.46. The van der Waals surface area contributed by atoms with Gasteiger partial charge in [0.2, 0.25) is 0 Å². The lowest BCUT2D eigenvalue weighted by atomic mass is 10.0. The van der Waals surface area contributed by atoms with Crippen LogP contribution < -0.4 is 4.72 Å². The fourth-order valence-electron chi connectivity index (χ4n) is 2.30. The second kappa shape index (κ2) is 5.94. The lowest BCUT2D eigenvalue weighted by molar-refractivity contribution is -0.142. The number of carboxylic acids is 1. The van der Waals surface area contributed by atoms with Gasteiger partial charge in [-0.2, -0.15) is 17.4 Å². The monoisotopic (exact) mass is 301 g/mol. The van der Waals surface area contributed by atoms with Gasteiger partial charge >= 0.3 is 5.97 Å². The van der Waals surface area contributed by atoms with Gasteiger partial charge < -0.3 is 9.67 Å². The smallest absolute Gasteiger partial charge is 0.307 e. The minimum atomic E-state index is -3.64. The standard InChI is InChI=1S/C12H19N3O4S/c1-14-6-3-5-11(14)8-13-20(18,19)15-7-2-4-10(9-15)12(16)17/h3,5-6,10,13H,2,4,7-9H2,1H3,(H,16,17). The van der Waals surface area contributed by atoms with Crippen molar-refractivity contribution in [3.05, 3.63) is 24.0 Å². The normalized spacial score (nSPS) is 20.9. The van der Waals surface area contributed by atoms with Gasteiger partial charge in [-0.05, 0) is 25.0 Å². The molecule has 1 aliphatic heterocycles. The van der Waals surface area contributed by atoms with E-state index in [1.807, 2.05) is 29.9 Å². The minimum Gasteiger partial charge on any atom is -0.481 e. The second-order valence-corrected chi connectivity index (χ2v) is 6.73. The third-order valence-corrected chi connectivity index (χ3v) is 5.08. The Labute approximate surface area is 118 Å². The molecule has 1 aromatic heterocycles. The largest absolute Gasteiger partial charge is 0.481 e. The van der Waals surface area contributed by atoms with Crippen LogP contribution in [0.5, 0.6) is 0 Å². The summed E-state index contributed by atoms with van der Waals surface area (Å²) in [5, 5.41) is 8.99. The van der Waals surface area contributed by atoms with Crippen LogP contribution in [0, 0.1) is 5.92 Å². The Bertz CT molecular complexity index is 581. The zero-order valence-corrected chi connectivity index (χ0v) is 12.1. The Morgan fingerprint density at radius 3 is 2.90 bits per heavy atom. The van der Waals surface area contributed by atoms with Gasteiger partial charge in [-0.3, -0.25) is 4.79 Å². The lowest BCUT2D eigenvalue weighted by Crippen LogP contribution is -2.47. The summed E-state index contributed by atoms with van der Waals surface area (Å²) in [6.07, 6.45) is 2.94. The highest BCUT2D eigenvalue weighted by atomic mass is 32.2. The molecular weight excluding hydrogens is 282 g/mol. The number of carboxylic acid groups (broad SMARTS) is 1. The molecule has 0 aromatic carbocycles. The van der Waals surface area contributed by atoms with Gasteiger partial charge in [0.1, 0.15) is 0 Å². The number of nitrogens with zero attached hydrogens (tertiary/aromatic N) is 2. The first-order chi connectivity index (χ1) is 9.40. The average Bonchev–Trinajstić information content (AvgIpc) is 2.82. The maximum absolute atomic E-state index is 12.2. The molecular formula is C12H19N3O4S. The number of hydrogen-bond acceptors (Lipinski definition) is 3. The van der Waals surface area contributed by atoms with Crippen LogP contribution in [0.4, 0.5) is 0 Å². The Balaban J connectivity index is 1.99. The minimum absolute atomic E-state index is 0.0395. The molecule has 7 nitrogen and oxygen atoms in total.